The van der Waals surface area contributed by atoms with E-state index in [9.17, 15) is 14.4 Å². The number of halogens is 1. The predicted octanol–water partition coefficient (Wildman–Crippen LogP) is 4.37. The van der Waals surface area contributed by atoms with Crippen LogP contribution in [0.15, 0.2) is 65.8 Å². The molecule has 9 heteroatoms. The van der Waals surface area contributed by atoms with Crippen LogP contribution in [0.5, 0.6) is 5.75 Å². The quantitative estimate of drug-likeness (QED) is 0.258. The van der Waals surface area contributed by atoms with Crippen LogP contribution in [0.1, 0.15) is 22.3 Å². The topological polar surface area (TPSA) is 109 Å². The second kappa shape index (κ2) is 11.8. The standard InChI is InChI=1S/C26H25ClN4O4/c1-16-7-10-20(13-17(16)2)29-25(33)26(34)31-28-14-19-8-11-21(12-9-19)35-15-24(32)30-23-6-4-5-22(27)18(23)3/h4-14H,15H2,1-3H3,(H,29,33)(H,30,32)(H,31,34)/b28-14-. The maximum absolute atomic E-state index is 12.2. The number of nitrogens with zero attached hydrogens (tertiary/aromatic N) is 1. The average molecular weight is 493 g/mol. The second-order valence-corrected chi connectivity index (χ2v) is 8.18. The maximum atomic E-state index is 12.2. The lowest BCUT2D eigenvalue weighted by atomic mass is 10.1. The summed E-state index contributed by atoms with van der Waals surface area (Å²) in [7, 11) is 0. The molecular weight excluding hydrogens is 468 g/mol. The lowest BCUT2D eigenvalue weighted by molar-refractivity contribution is -0.136. The molecule has 35 heavy (non-hydrogen) atoms. The third kappa shape index (κ3) is 7.41. The Labute approximate surface area is 208 Å². The third-order valence-electron chi connectivity index (χ3n) is 5.14. The van der Waals surface area contributed by atoms with Crippen molar-refractivity contribution >= 4 is 46.9 Å². The van der Waals surface area contributed by atoms with Crippen LogP contribution in [0.4, 0.5) is 11.4 Å². The van der Waals surface area contributed by atoms with Gasteiger partial charge in [0.1, 0.15) is 5.75 Å². The number of aryl methyl sites for hydroxylation is 2. The molecule has 3 aromatic carbocycles. The molecule has 0 unspecified atom stereocenters. The summed E-state index contributed by atoms with van der Waals surface area (Å²) in [6, 6.07) is 17.4. The number of ether oxygens (including phenoxy) is 1. The molecule has 180 valence electrons. The molecule has 0 aromatic heterocycles. The molecule has 0 saturated carbocycles. The summed E-state index contributed by atoms with van der Waals surface area (Å²) in [4.78, 5) is 36.1. The van der Waals surface area contributed by atoms with Gasteiger partial charge < -0.3 is 15.4 Å². The van der Waals surface area contributed by atoms with E-state index in [4.69, 9.17) is 16.3 Å². The number of hydrogen-bond donors (Lipinski definition) is 3. The molecule has 3 N–H and O–H groups in total. The van der Waals surface area contributed by atoms with E-state index in [1.807, 2.05) is 26.8 Å². The molecule has 0 aliphatic carbocycles. The van der Waals surface area contributed by atoms with E-state index in [0.29, 0.717) is 27.7 Å². The minimum atomic E-state index is -0.889. The Kier molecular flexibility index (Phi) is 8.58. The summed E-state index contributed by atoms with van der Waals surface area (Å²) in [6.45, 7) is 5.52. The van der Waals surface area contributed by atoms with Crippen molar-refractivity contribution in [2.75, 3.05) is 17.2 Å². The maximum Gasteiger partial charge on any atom is 0.329 e. The third-order valence-corrected chi connectivity index (χ3v) is 5.55. The summed E-state index contributed by atoms with van der Waals surface area (Å²) < 4.78 is 5.50. The number of amides is 3. The van der Waals surface area contributed by atoms with Crippen molar-refractivity contribution in [3.05, 3.63) is 87.9 Å². The molecule has 0 saturated heterocycles. The van der Waals surface area contributed by atoms with Crippen molar-refractivity contribution < 1.29 is 19.1 Å². The number of carbonyl (C=O) groups excluding carboxylic acids is 3. The Bertz CT molecular complexity index is 1270. The van der Waals surface area contributed by atoms with Gasteiger partial charge in [0.05, 0.1) is 6.21 Å². The first-order chi connectivity index (χ1) is 16.7. The minimum Gasteiger partial charge on any atom is -0.484 e. The Morgan fingerprint density at radius 1 is 0.914 bits per heavy atom. The van der Waals surface area contributed by atoms with Gasteiger partial charge >= 0.3 is 11.8 Å². The van der Waals surface area contributed by atoms with E-state index in [2.05, 4.69) is 21.2 Å². The van der Waals surface area contributed by atoms with Crippen molar-refractivity contribution in [2.24, 2.45) is 5.10 Å². The van der Waals surface area contributed by atoms with Gasteiger partial charge in [-0.1, -0.05) is 23.7 Å². The van der Waals surface area contributed by atoms with Gasteiger partial charge in [-0.2, -0.15) is 5.10 Å². The minimum absolute atomic E-state index is 0.176. The number of nitrogens with one attached hydrogen (secondary N) is 3. The van der Waals surface area contributed by atoms with Crippen LogP contribution in [-0.4, -0.2) is 30.5 Å². The van der Waals surface area contributed by atoms with Crippen molar-refractivity contribution in [2.45, 2.75) is 20.8 Å². The van der Waals surface area contributed by atoms with Crippen LogP contribution in [0.3, 0.4) is 0 Å². The number of hydrazone groups is 1. The lowest BCUT2D eigenvalue weighted by Gasteiger charge is -2.10. The van der Waals surface area contributed by atoms with Crippen molar-refractivity contribution in [1.29, 1.82) is 0 Å². The first-order valence-electron chi connectivity index (χ1n) is 10.7. The molecular formula is C26H25ClN4O4. The molecule has 0 aliphatic heterocycles. The van der Waals surface area contributed by atoms with Crippen LogP contribution < -0.4 is 20.8 Å². The summed E-state index contributed by atoms with van der Waals surface area (Å²) in [5, 5.41) is 9.66. The number of rotatable bonds is 7. The Hall–Kier alpha value is -4.17. The fourth-order valence-corrected chi connectivity index (χ4v) is 3.13. The molecule has 3 rings (SSSR count). The van der Waals surface area contributed by atoms with Gasteiger partial charge in [0.2, 0.25) is 0 Å². The molecule has 0 aliphatic rings. The number of benzene rings is 3. The second-order valence-electron chi connectivity index (χ2n) is 7.77. The van der Waals surface area contributed by atoms with Crippen LogP contribution >= 0.6 is 11.6 Å². The van der Waals surface area contributed by atoms with Gasteiger partial charge in [-0.05, 0) is 91.6 Å². The van der Waals surface area contributed by atoms with Crippen LogP contribution in [0.2, 0.25) is 5.02 Å². The first-order valence-corrected chi connectivity index (χ1v) is 11.1. The first kappa shape index (κ1) is 25.5. The zero-order chi connectivity index (χ0) is 25.4. The lowest BCUT2D eigenvalue weighted by Crippen LogP contribution is -2.32. The SMILES string of the molecule is Cc1ccc(NC(=O)C(=O)N/N=C\c2ccc(OCC(=O)Nc3cccc(Cl)c3C)cc2)cc1C. The number of hydrogen-bond acceptors (Lipinski definition) is 5. The molecule has 3 aromatic rings. The molecule has 0 atom stereocenters. The van der Waals surface area contributed by atoms with Gasteiger partial charge in [0.25, 0.3) is 5.91 Å². The molecule has 3 amide bonds. The smallest absolute Gasteiger partial charge is 0.329 e. The molecule has 0 heterocycles. The highest BCUT2D eigenvalue weighted by Crippen LogP contribution is 2.23. The van der Waals surface area contributed by atoms with Crippen LogP contribution in [0.25, 0.3) is 0 Å². The number of anilines is 2. The zero-order valence-corrected chi connectivity index (χ0v) is 20.3. The highest BCUT2D eigenvalue weighted by atomic mass is 35.5. The highest BCUT2D eigenvalue weighted by Gasteiger charge is 2.13. The highest BCUT2D eigenvalue weighted by molar-refractivity contribution is 6.39. The summed E-state index contributed by atoms with van der Waals surface area (Å²) >= 11 is 6.06. The van der Waals surface area contributed by atoms with Crippen molar-refractivity contribution in [3.63, 3.8) is 0 Å². The van der Waals surface area contributed by atoms with Gasteiger partial charge in [0.15, 0.2) is 6.61 Å². The Morgan fingerprint density at radius 3 is 2.37 bits per heavy atom. The predicted molar refractivity (Wildman–Crippen MR) is 137 cm³/mol. The molecule has 0 spiro atoms. The van der Waals surface area contributed by atoms with Crippen LogP contribution in [-0.2, 0) is 14.4 Å². The van der Waals surface area contributed by atoms with Crippen LogP contribution in [0, 0.1) is 20.8 Å². The van der Waals surface area contributed by atoms with E-state index in [1.54, 1.807) is 54.6 Å². The number of carbonyl (C=O) groups is 3. The largest absolute Gasteiger partial charge is 0.484 e. The van der Waals surface area contributed by atoms with Gasteiger partial charge in [0, 0.05) is 16.4 Å². The molecule has 0 bridgehead atoms. The Balaban J connectivity index is 1.45. The van der Waals surface area contributed by atoms with Gasteiger partial charge in [-0.3, -0.25) is 14.4 Å². The monoisotopic (exact) mass is 492 g/mol. The van der Waals surface area contributed by atoms with Gasteiger partial charge in [-0.25, -0.2) is 5.43 Å². The van der Waals surface area contributed by atoms with E-state index in [-0.39, 0.29) is 12.5 Å². The summed E-state index contributed by atoms with van der Waals surface area (Å²) in [5.41, 5.74) is 6.88. The van der Waals surface area contributed by atoms with E-state index in [1.165, 1.54) is 6.21 Å². The fourth-order valence-electron chi connectivity index (χ4n) is 2.95. The Morgan fingerprint density at radius 2 is 1.66 bits per heavy atom. The van der Waals surface area contributed by atoms with E-state index in [0.717, 1.165) is 16.7 Å². The van der Waals surface area contributed by atoms with Crippen molar-refractivity contribution in [1.82, 2.24) is 5.43 Å². The van der Waals surface area contributed by atoms with E-state index < -0.39 is 11.8 Å². The molecule has 0 fully saturated rings. The molecule has 8 nitrogen and oxygen atoms in total. The van der Waals surface area contributed by atoms with Crippen molar-refractivity contribution in [3.8, 4) is 5.75 Å². The summed E-state index contributed by atoms with van der Waals surface area (Å²) in [5.74, 6) is -1.54. The summed E-state index contributed by atoms with van der Waals surface area (Å²) in [6.07, 6.45) is 1.39. The van der Waals surface area contributed by atoms with Gasteiger partial charge in [-0.15, -0.1) is 0 Å². The van der Waals surface area contributed by atoms with E-state index >= 15 is 0 Å². The average Bonchev–Trinajstić information content (AvgIpc) is 2.83. The normalized spacial score (nSPS) is 10.6. The fraction of sp³-hybridized carbons (Fsp3) is 0.154. The zero-order valence-electron chi connectivity index (χ0n) is 19.5. The molecule has 0 radical (unpaired) electrons.